The van der Waals surface area contributed by atoms with Crippen LogP contribution in [-0.2, 0) is 0 Å². The highest BCUT2D eigenvalue weighted by Gasteiger charge is 2.16. The van der Waals surface area contributed by atoms with Crippen molar-refractivity contribution >= 4 is 0 Å². The number of unbranched alkanes of at least 4 members (excludes halogenated alkanes) is 1. The summed E-state index contributed by atoms with van der Waals surface area (Å²) in [5.74, 6) is 0.863. The summed E-state index contributed by atoms with van der Waals surface area (Å²) in [6, 6.07) is 0. The van der Waals surface area contributed by atoms with E-state index in [2.05, 4.69) is 19.9 Å². The molecule has 0 amide bonds. The van der Waals surface area contributed by atoms with E-state index < -0.39 is 0 Å². The van der Waals surface area contributed by atoms with Gasteiger partial charge in [-0.3, -0.25) is 0 Å². The Morgan fingerprint density at radius 1 is 1.62 bits per heavy atom. The van der Waals surface area contributed by atoms with E-state index in [1.165, 1.54) is 19.3 Å². The number of allylic oxidation sites excluding steroid dienone is 2. The van der Waals surface area contributed by atoms with Crippen LogP contribution in [0.3, 0.4) is 0 Å². The van der Waals surface area contributed by atoms with Gasteiger partial charge in [0.05, 0.1) is 0 Å². The first-order valence-corrected chi connectivity index (χ1v) is 3.55. The van der Waals surface area contributed by atoms with E-state index in [-0.39, 0.29) is 0 Å². The monoisotopic (exact) mass is 110 g/mol. The van der Waals surface area contributed by atoms with Crippen LogP contribution < -0.4 is 0 Å². The van der Waals surface area contributed by atoms with Crippen LogP contribution in [-0.4, -0.2) is 0 Å². The molecule has 0 radical (unpaired) electrons. The van der Waals surface area contributed by atoms with Crippen LogP contribution >= 0.6 is 0 Å². The average Bonchev–Trinajstić information content (AvgIpc) is 2.42. The Morgan fingerprint density at radius 2 is 2.25 bits per heavy atom. The standard InChI is InChI=1S/C8H14/c1-3-4-5-8-6-7(8)2/h6-7H,3-5H2,1-2H3. The molecule has 0 heteroatoms. The van der Waals surface area contributed by atoms with Crippen LogP contribution in [0.2, 0.25) is 0 Å². The molecule has 1 atom stereocenters. The molecule has 0 aromatic rings. The minimum atomic E-state index is 0.863. The van der Waals surface area contributed by atoms with Gasteiger partial charge in [-0.1, -0.05) is 31.9 Å². The zero-order valence-electron chi connectivity index (χ0n) is 5.78. The lowest BCUT2D eigenvalue weighted by atomic mass is 10.2. The van der Waals surface area contributed by atoms with Gasteiger partial charge in [-0.05, 0) is 18.8 Å². The lowest BCUT2D eigenvalue weighted by molar-refractivity contribution is 0.776. The molecule has 46 valence electrons. The molecule has 0 bridgehead atoms. The first-order chi connectivity index (χ1) is 3.84. The van der Waals surface area contributed by atoms with E-state index >= 15 is 0 Å². The van der Waals surface area contributed by atoms with Crippen molar-refractivity contribution in [2.75, 3.05) is 0 Å². The van der Waals surface area contributed by atoms with E-state index in [0.29, 0.717) is 0 Å². The molecular weight excluding hydrogens is 96.1 g/mol. The fourth-order valence-corrected chi connectivity index (χ4v) is 0.965. The second-order valence-corrected chi connectivity index (χ2v) is 2.63. The maximum Gasteiger partial charge on any atom is -0.00486 e. The zero-order valence-corrected chi connectivity index (χ0v) is 5.78. The molecule has 0 aromatic carbocycles. The highest BCUT2D eigenvalue weighted by atomic mass is 14.2. The Balaban J connectivity index is 1.97. The lowest BCUT2D eigenvalue weighted by Gasteiger charge is -1.89. The Hall–Kier alpha value is -0.260. The van der Waals surface area contributed by atoms with Crippen LogP contribution in [0.15, 0.2) is 11.6 Å². The molecular formula is C8H14. The lowest BCUT2D eigenvalue weighted by Crippen LogP contribution is -1.72. The van der Waals surface area contributed by atoms with Gasteiger partial charge in [0.1, 0.15) is 0 Å². The van der Waals surface area contributed by atoms with E-state index in [0.717, 1.165) is 5.92 Å². The average molecular weight is 110 g/mol. The van der Waals surface area contributed by atoms with Crippen molar-refractivity contribution in [2.24, 2.45) is 5.92 Å². The van der Waals surface area contributed by atoms with Gasteiger partial charge in [0.25, 0.3) is 0 Å². The highest BCUT2D eigenvalue weighted by molar-refractivity contribution is 5.27. The smallest absolute Gasteiger partial charge is 0.00486 e. The molecule has 0 N–H and O–H groups in total. The van der Waals surface area contributed by atoms with E-state index in [9.17, 15) is 0 Å². The Morgan fingerprint density at radius 3 is 2.62 bits per heavy atom. The van der Waals surface area contributed by atoms with Gasteiger partial charge in [-0.2, -0.15) is 0 Å². The molecule has 1 unspecified atom stereocenters. The summed E-state index contributed by atoms with van der Waals surface area (Å²) in [6.45, 7) is 4.51. The molecule has 1 aliphatic rings. The largest absolute Gasteiger partial charge is 0.0778 e. The SMILES string of the molecule is CCCCC1=CC1C. The van der Waals surface area contributed by atoms with E-state index in [4.69, 9.17) is 0 Å². The van der Waals surface area contributed by atoms with Gasteiger partial charge < -0.3 is 0 Å². The molecule has 0 saturated carbocycles. The second kappa shape index (κ2) is 2.34. The Bertz CT molecular complexity index is 101. The summed E-state index contributed by atoms with van der Waals surface area (Å²) in [5, 5.41) is 0. The maximum atomic E-state index is 2.36. The summed E-state index contributed by atoms with van der Waals surface area (Å²) >= 11 is 0. The van der Waals surface area contributed by atoms with Crippen molar-refractivity contribution in [3.8, 4) is 0 Å². The molecule has 0 fully saturated rings. The molecule has 0 saturated heterocycles. The first-order valence-electron chi connectivity index (χ1n) is 3.55. The van der Waals surface area contributed by atoms with Gasteiger partial charge in [0.2, 0.25) is 0 Å². The highest BCUT2D eigenvalue weighted by Crippen LogP contribution is 2.31. The van der Waals surface area contributed by atoms with Gasteiger partial charge in [0, 0.05) is 0 Å². The maximum absolute atomic E-state index is 2.36. The fraction of sp³-hybridized carbons (Fsp3) is 0.750. The first kappa shape index (κ1) is 5.87. The molecule has 1 rings (SSSR count). The van der Waals surface area contributed by atoms with Crippen molar-refractivity contribution in [3.05, 3.63) is 11.6 Å². The van der Waals surface area contributed by atoms with Crippen molar-refractivity contribution < 1.29 is 0 Å². The molecule has 8 heavy (non-hydrogen) atoms. The van der Waals surface area contributed by atoms with Gasteiger partial charge in [-0.15, -0.1) is 0 Å². The van der Waals surface area contributed by atoms with Crippen LogP contribution in [0.1, 0.15) is 33.1 Å². The summed E-state index contributed by atoms with van der Waals surface area (Å²) in [6.07, 6.45) is 6.44. The third-order valence-electron chi connectivity index (χ3n) is 1.76. The summed E-state index contributed by atoms with van der Waals surface area (Å²) in [4.78, 5) is 0. The Labute approximate surface area is 51.6 Å². The van der Waals surface area contributed by atoms with Crippen molar-refractivity contribution in [3.63, 3.8) is 0 Å². The van der Waals surface area contributed by atoms with Crippen LogP contribution in [0.4, 0.5) is 0 Å². The van der Waals surface area contributed by atoms with Gasteiger partial charge in [0.15, 0.2) is 0 Å². The molecule has 0 spiro atoms. The van der Waals surface area contributed by atoms with Crippen molar-refractivity contribution in [2.45, 2.75) is 33.1 Å². The predicted octanol–water partition coefficient (Wildman–Crippen LogP) is 2.75. The molecule has 1 aliphatic carbocycles. The quantitative estimate of drug-likeness (QED) is 0.490. The Kier molecular flexibility index (Phi) is 1.72. The third-order valence-corrected chi connectivity index (χ3v) is 1.76. The van der Waals surface area contributed by atoms with Gasteiger partial charge >= 0.3 is 0 Å². The van der Waals surface area contributed by atoms with Crippen LogP contribution in [0.5, 0.6) is 0 Å². The predicted molar refractivity (Wildman–Crippen MR) is 36.8 cm³/mol. The minimum absolute atomic E-state index is 0.863. The van der Waals surface area contributed by atoms with E-state index in [1.807, 2.05) is 0 Å². The number of rotatable bonds is 3. The summed E-state index contributed by atoms with van der Waals surface area (Å²) < 4.78 is 0. The summed E-state index contributed by atoms with van der Waals surface area (Å²) in [5.41, 5.74) is 1.69. The zero-order chi connectivity index (χ0) is 5.98. The normalized spacial score (nSPS) is 25.2. The molecule has 0 heterocycles. The summed E-state index contributed by atoms with van der Waals surface area (Å²) in [7, 11) is 0. The number of hydrogen-bond acceptors (Lipinski definition) is 0. The topological polar surface area (TPSA) is 0 Å². The fourth-order valence-electron chi connectivity index (χ4n) is 0.965. The molecule has 0 aromatic heterocycles. The van der Waals surface area contributed by atoms with E-state index in [1.54, 1.807) is 5.57 Å². The third kappa shape index (κ3) is 1.36. The van der Waals surface area contributed by atoms with Crippen molar-refractivity contribution in [1.29, 1.82) is 0 Å². The molecule has 0 nitrogen and oxygen atoms in total. The van der Waals surface area contributed by atoms with Crippen LogP contribution in [0, 0.1) is 5.92 Å². The molecule has 0 aliphatic heterocycles. The minimum Gasteiger partial charge on any atom is -0.0778 e. The van der Waals surface area contributed by atoms with Crippen LogP contribution in [0.25, 0.3) is 0 Å². The number of hydrogen-bond donors (Lipinski definition) is 0. The van der Waals surface area contributed by atoms with Crippen molar-refractivity contribution in [1.82, 2.24) is 0 Å². The second-order valence-electron chi connectivity index (χ2n) is 2.63. The van der Waals surface area contributed by atoms with Gasteiger partial charge in [-0.25, -0.2) is 0 Å².